The number of carboxylic acid groups (broad SMARTS) is 1. The highest BCUT2D eigenvalue weighted by atomic mass is 16.4. The molecule has 3 aromatic rings. The van der Waals surface area contributed by atoms with Crippen LogP contribution >= 0.6 is 0 Å². The zero-order valence-corrected chi connectivity index (χ0v) is 11.3. The standard InChI is InChI=1S/C17H10N2O3/c18-9-11-7-15(19-14-4-2-1-3-12(11)14)10-5-6-13(17(21)22)16(20)8-10/h1-8,20H,(H,21,22). The minimum atomic E-state index is -1.20. The number of nitriles is 1. The number of fused-ring (bicyclic) bond motifs is 1. The third kappa shape index (κ3) is 2.23. The maximum absolute atomic E-state index is 10.9. The number of carboxylic acids is 1. The van der Waals surface area contributed by atoms with Gasteiger partial charge in [-0.3, -0.25) is 0 Å². The zero-order valence-electron chi connectivity index (χ0n) is 11.3. The van der Waals surface area contributed by atoms with Crippen LogP contribution in [-0.4, -0.2) is 21.2 Å². The molecule has 0 bridgehead atoms. The van der Waals surface area contributed by atoms with Gasteiger partial charge in [-0.2, -0.15) is 5.26 Å². The zero-order chi connectivity index (χ0) is 15.7. The van der Waals surface area contributed by atoms with Crippen LogP contribution in [0.4, 0.5) is 0 Å². The van der Waals surface area contributed by atoms with Crippen molar-refractivity contribution in [1.82, 2.24) is 4.98 Å². The molecule has 5 heteroatoms. The monoisotopic (exact) mass is 290 g/mol. The lowest BCUT2D eigenvalue weighted by atomic mass is 10.0. The van der Waals surface area contributed by atoms with Crippen molar-refractivity contribution in [2.24, 2.45) is 0 Å². The van der Waals surface area contributed by atoms with Crippen LogP contribution in [-0.2, 0) is 0 Å². The van der Waals surface area contributed by atoms with E-state index in [1.807, 2.05) is 18.2 Å². The normalized spacial score (nSPS) is 10.3. The summed E-state index contributed by atoms with van der Waals surface area (Å²) in [5.74, 6) is -1.54. The Morgan fingerprint density at radius 2 is 1.91 bits per heavy atom. The van der Waals surface area contributed by atoms with E-state index in [0.717, 1.165) is 5.39 Å². The first-order valence-corrected chi connectivity index (χ1v) is 6.46. The molecule has 2 aromatic carbocycles. The summed E-state index contributed by atoms with van der Waals surface area (Å²) in [4.78, 5) is 15.4. The van der Waals surface area contributed by atoms with Crippen LogP contribution in [0, 0.1) is 11.3 Å². The molecule has 0 aliphatic carbocycles. The van der Waals surface area contributed by atoms with Gasteiger partial charge in [-0.25, -0.2) is 9.78 Å². The molecule has 3 rings (SSSR count). The van der Waals surface area contributed by atoms with Gasteiger partial charge in [0.25, 0.3) is 0 Å². The number of benzene rings is 2. The third-order valence-corrected chi connectivity index (χ3v) is 3.36. The van der Waals surface area contributed by atoms with E-state index < -0.39 is 5.97 Å². The van der Waals surface area contributed by atoms with Gasteiger partial charge in [0.1, 0.15) is 11.3 Å². The topological polar surface area (TPSA) is 94.2 Å². The second-order valence-corrected chi connectivity index (χ2v) is 4.72. The van der Waals surface area contributed by atoms with Gasteiger partial charge in [0, 0.05) is 10.9 Å². The molecule has 1 aromatic heterocycles. The number of nitrogens with zero attached hydrogens (tertiary/aromatic N) is 2. The lowest BCUT2D eigenvalue weighted by Gasteiger charge is -2.07. The van der Waals surface area contributed by atoms with E-state index in [4.69, 9.17) is 5.11 Å². The molecule has 2 N–H and O–H groups in total. The van der Waals surface area contributed by atoms with Crippen molar-refractivity contribution in [3.63, 3.8) is 0 Å². The average molecular weight is 290 g/mol. The number of rotatable bonds is 2. The molecular formula is C17H10N2O3. The number of para-hydroxylation sites is 1. The van der Waals surface area contributed by atoms with Gasteiger partial charge in [0.15, 0.2) is 0 Å². The molecule has 1 heterocycles. The lowest BCUT2D eigenvalue weighted by Crippen LogP contribution is -1.97. The van der Waals surface area contributed by atoms with Crippen LogP contribution in [0.2, 0.25) is 0 Å². The number of phenols is 1. The molecule has 0 radical (unpaired) electrons. The highest BCUT2D eigenvalue weighted by molar-refractivity contribution is 5.92. The smallest absolute Gasteiger partial charge is 0.339 e. The molecule has 0 aliphatic rings. The molecular weight excluding hydrogens is 280 g/mol. The van der Waals surface area contributed by atoms with E-state index in [1.165, 1.54) is 12.1 Å². The lowest BCUT2D eigenvalue weighted by molar-refractivity contribution is 0.0694. The Balaban J connectivity index is 2.21. The van der Waals surface area contributed by atoms with Crippen molar-refractivity contribution in [2.45, 2.75) is 0 Å². The molecule has 5 nitrogen and oxygen atoms in total. The van der Waals surface area contributed by atoms with Gasteiger partial charge in [0.2, 0.25) is 0 Å². The van der Waals surface area contributed by atoms with Crippen LogP contribution < -0.4 is 0 Å². The summed E-state index contributed by atoms with van der Waals surface area (Å²) >= 11 is 0. The Bertz CT molecular complexity index is 942. The molecule has 22 heavy (non-hydrogen) atoms. The second-order valence-electron chi connectivity index (χ2n) is 4.72. The van der Waals surface area contributed by atoms with Crippen LogP contribution in [0.1, 0.15) is 15.9 Å². The van der Waals surface area contributed by atoms with Crippen LogP contribution in [0.25, 0.3) is 22.2 Å². The summed E-state index contributed by atoms with van der Waals surface area (Å²) < 4.78 is 0. The Morgan fingerprint density at radius 3 is 2.59 bits per heavy atom. The van der Waals surface area contributed by atoms with E-state index in [2.05, 4.69) is 11.1 Å². The van der Waals surface area contributed by atoms with Crippen LogP contribution in [0.5, 0.6) is 5.75 Å². The Kier molecular flexibility index (Phi) is 3.20. The maximum atomic E-state index is 10.9. The fourth-order valence-electron chi connectivity index (χ4n) is 2.29. The molecule has 0 amide bonds. The van der Waals surface area contributed by atoms with E-state index in [1.54, 1.807) is 18.2 Å². The van der Waals surface area contributed by atoms with Gasteiger partial charge in [-0.1, -0.05) is 24.3 Å². The number of aromatic carboxylic acids is 1. The first kappa shape index (κ1) is 13.6. The predicted molar refractivity (Wildman–Crippen MR) is 80.5 cm³/mol. The average Bonchev–Trinajstić information content (AvgIpc) is 2.53. The molecule has 0 spiro atoms. The first-order valence-electron chi connectivity index (χ1n) is 6.46. The van der Waals surface area contributed by atoms with Crippen LogP contribution in [0.15, 0.2) is 48.5 Å². The number of hydrogen-bond donors (Lipinski definition) is 2. The minimum absolute atomic E-state index is 0.176. The van der Waals surface area contributed by atoms with E-state index >= 15 is 0 Å². The summed E-state index contributed by atoms with van der Waals surface area (Å²) in [5, 5.41) is 28.7. The van der Waals surface area contributed by atoms with Crippen molar-refractivity contribution in [3.8, 4) is 23.1 Å². The van der Waals surface area contributed by atoms with Gasteiger partial charge in [-0.15, -0.1) is 0 Å². The van der Waals surface area contributed by atoms with E-state index in [0.29, 0.717) is 22.3 Å². The highest BCUT2D eigenvalue weighted by Crippen LogP contribution is 2.28. The molecule has 0 fully saturated rings. The predicted octanol–water partition coefficient (Wildman–Crippen LogP) is 3.18. The fraction of sp³-hybridized carbons (Fsp3) is 0. The van der Waals surface area contributed by atoms with Crippen molar-refractivity contribution in [2.75, 3.05) is 0 Å². The Hall–Kier alpha value is -3.39. The van der Waals surface area contributed by atoms with Gasteiger partial charge >= 0.3 is 5.97 Å². The van der Waals surface area contributed by atoms with Crippen molar-refractivity contribution in [3.05, 3.63) is 59.7 Å². The third-order valence-electron chi connectivity index (χ3n) is 3.36. The molecule has 0 aliphatic heterocycles. The Labute approximate surface area is 125 Å². The summed E-state index contributed by atoms with van der Waals surface area (Å²) in [6.45, 7) is 0. The number of carbonyl (C=O) groups is 1. The molecule has 106 valence electrons. The highest BCUT2D eigenvalue weighted by Gasteiger charge is 2.12. The molecule has 0 saturated heterocycles. The van der Waals surface area contributed by atoms with E-state index in [9.17, 15) is 15.2 Å². The van der Waals surface area contributed by atoms with Crippen LogP contribution in [0.3, 0.4) is 0 Å². The minimum Gasteiger partial charge on any atom is -0.507 e. The van der Waals surface area contributed by atoms with Gasteiger partial charge in [0.05, 0.1) is 22.8 Å². The Morgan fingerprint density at radius 1 is 1.14 bits per heavy atom. The second kappa shape index (κ2) is 5.19. The first-order chi connectivity index (χ1) is 10.6. The summed E-state index contributed by atoms with van der Waals surface area (Å²) in [5.41, 5.74) is 2.01. The van der Waals surface area contributed by atoms with Gasteiger partial charge in [-0.05, 0) is 24.3 Å². The summed E-state index contributed by atoms with van der Waals surface area (Å²) in [7, 11) is 0. The number of aromatic hydroxyl groups is 1. The molecule has 0 saturated carbocycles. The van der Waals surface area contributed by atoms with Crippen molar-refractivity contribution < 1.29 is 15.0 Å². The number of hydrogen-bond acceptors (Lipinski definition) is 4. The molecule has 0 unspecified atom stereocenters. The SMILES string of the molecule is N#Cc1cc(-c2ccc(C(=O)O)c(O)c2)nc2ccccc12. The number of pyridine rings is 1. The summed E-state index contributed by atoms with van der Waals surface area (Å²) in [6, 6.07) is 15.2. The number of aromatic nitrogens is 1. The fourth-order valence-corrected chi connectivity index (χ4v) is 2.29. The maximum Gasteiger partial charge on any atom is 0.339 e. The quantitative estimate of drug-likeness (QED) is 0.756. The largest absolute Gasteiger partial charge is 0.507 e. The van der Waals surface area contributed by atoms with Crippen molar-refractivity contribution in [1.29, 1.82) is 5.26 Å². The van der Waals surface area contributed by atoms with Crippen molar-refractivity contribution >= 4 is 16.9 Å². The summed E-state index contributed by atoms with van der Waals surface area (Å²) in [6.07, 6.45) is 0. The van der Waals surface area contributed by atoms with E-state index in [-0.39, 0.29) is 11.3 Å². The van der Waals surface area contributed by atoms with Gasteiger partial charge < -0.3 is 10.2 Å². The molecule has 0 atom stereocenters.